The molecule has 0 fully saturated rings. The molecule has 6 heteroatoms. The van der Waals surface area contributed by atoms with Gasteiger partial charge in [0.2, 0.25) is 19.5 Å². The van der Waals surface area contributed by atoms with E-state index in [1.807, 2.05) is 0 Å². The Labute approximate surface area is 172 Å². The van der Waals surface area contributed by atoms with Gasteiger partial charge in [0.05, 0.1) is 11.8 Å². The van der Waals surface area contributed by atoms with E-state index in [1.54, 1.807) is 0 Å². The van der Waals surface area contributed by atoms with Gasteiger partial charge in [-0.05, 0) is 31.4 Å². The second kappa shape index (κ2) is 18.7. The highest BCUT2D eigenvalue weighted by molar-refractivity contribution is 6.50. The highest BCUT2D eigenvalue weighted by Crippen LogP contribution is 2.19. The Morgan fingerprint density at radius 1 is 0.630 bits per heavy atom. The minimum Gasteiger partial charge on any atom is -0.525 e. The lowest BCUT2D eigenvalue weighted by Gasteiger charge is -2.17. The van der Waals surface area contributed by atoms with Gasteiger partial charge < -0.3 is 8.85 Å². The van der Waals surface area contributed by atoms with Crippen LogP contribution in [0, 0.1) is 11.8 Å². The Bertz CT molecular complexity index is 327. The lowest BCUT2D eigenvalue weighted by Crippen LogP contribution is -2.23. The third kappa shape index (κ3) is 14.1. The molecule has 0 aromatic heterocycles. The standard InChI is InChI=1S/C21H44O4Si2/c1-5-9-13-18(14-10-6-2)20(22)24-26-17-27-25-21(23)19(15-11-7-3)16-12-8-4/h18-19H,5-17,26-27H2,1-4H3. The first-order valence-corrected chi connectivity index (χ1v) is 14.6. The number of carbonyl (C=O) groups excluding carboxylic acids is 2. The van der Waals surface area contributed by atoms with Crippen molar-refractivity contribution < 1.29 is 18.4 Å². The number of carbonyl (C=O) groups is 2. The fourth-order valence-electron chi connectivity index (χ4n) is 3.20. The van der Waals surface area contributed by atoms with E-state index in [9.17, 15) is 9.59 Å². The zero-order chi connectivity index (χ0) is 20.3. The van der Waals surface area contributed by atoms with Crippen molar-refractivity contribution in [3.63, 3.8) is 0 Å². The molecule has 0 saturated heterocycles. The Morgan fingerprint density at radius 3 is 1.19 bits per heavy atom. The van der Waals surface area contributed by atoms with Crippen molar-refractivity contribution in [2.45, 2.75) is 110 Å². The Balaban J connectivity index is 4.10. The maximum Gasteiger partial charge on any atom is 0.295 e. The minimum atomic E-state index is -0.890. The number of unbranched alkanes of at least 4 members (excludes halogenated alkanes) is 4. The molecule has 0 unspecified atom stereocenters. The molecular formula is C21H44O4Si2. The number of hydrogen-bond donors (Lipinski definition) is 0. The fraction of sp³-hybridized carbons (Fsp3) is 0.905. The van der Waals surface area contributed by atoms with E-state index in [1.165, 1.54) is 0 Å². The molecule has 4 nitrogen and oxygen atoms in total. The molecule has 0 amide bonds. The zero-order valence-corrected chi connectivity index (χ0v) is 21.2. The Hall–Kier alpha value is -0.626. The van der Waals surface area contributed by atoms with Crippen LogP contribution in [-0.4, -0.2) is 31.5 Å². The normalized spacial score (nSPS) is 12.1. The molecule has 0 aliphatic rings. The molecule has 0 aromatic rings. The molecule has 0 atom stereocenters. The predicted octanol–water partition coefficient (Wildman–Crippen LogP) is 4.61. The summed E-state index contributed by atoms with van der Waals surface area (Å²) in [5.41, 5.74) is 0.861. The van der Waals surface area contributed by atoms with Gasteiger partial charge in [0.1, 0.15) is 0 Å². The second-order valence-electron chi connectivity index (χ2n) is 7.65. The van der Waals surface area contributed by atoms with Gasteiger partial charge >= 0.3 is 0 Å². The molecule has 0 spiro atoms. The van der Waals surface area contributed by atoms with E-state index in [2.05, 4.69) is 27.7 Å². The zero-order valence-electron chi connectivity index (χ0n) is 18.4. The van der Waals surface area contributed by atoms with Crippen LogP contribution in [0.15, 0.2) is 0 Å². The lowest BCUT2D eigenvalue weighted by atomic mass is 9.96. The summed E-state index contributed by atoms with van der Waals surface area (Å²) in [6.45, 7) is 8.63. The summed E-state index contributed by atoms with van der Waals surface area (Å²) in [5, 5.41) is 0. The monoisotopic (exact) mass is 416 g/mol. The molecule has 0 saturated carbocycles. The summed E-state index contributed by atoms with van der Waals surface area (Å²) >= 11 is 0. The van der Waals surface area contributed by atoms with Crippen molar-refractivity contribution in [1.29, 1.82) is 0 Å². The van der Waals surface area contributed by atoms with Crippen LogP contribution in [0.3, 0.4) is 0 Å². The average Bonchev–Trinajstić information content (AvgIpc) is 2.67. The van der Waals surface area contributed by atoms with Crippen LogP contribution in [0.4, 0.5) is 0 Å². The first-order chi connectivity index (χ1) is 13.1. The molecule has 0 aromatic carbocycles. The van der Waals surface area contributed by atoms with E-state index >= 15 is 0 Å². The van der Waals surface area contributed by atoms with Crippen molar-refractivity contribution in [2.24, 2.45) is 11.8 Å². The largest absolute Gasteiger partial charge is 0.525 e. The van der Waals surface area contributed by atoms with Gasteiger partial charge in [-0.15, -0.1) is 0 Å². The molecule has 0 rings (SSSR count). The fourth-order valence-corrected chi connectivity index (χ4v) is 5.70. The SMILES string of the molecule is CCCCC(CCCC)C(=O)O[SiH2]C[SiH2]OC(=O)C(CCCC)CCCC. The maximum absolute atomic E-state index is 12.3. The van der Waals surface area contributed by atoms with Gasteiger partial charge in [0.15, 0.2) is 0 Å². The van der Waals surface area contributed by atoms with Crippen LogP contribution in [0.25, 0.3) is 0 Å². The van der Waals surface area contributed by atoms with Crippen LogP contribution in [0.5, 0.6) is 0 Å². The first kappa shape index (κ1) is 26.4. The predicted molar refractivity (Wildman–Crippen MR) is 119 cm³/mol. The second-order valence-corrected chi connectivity index (χ2v) is 11.9. The van der Waals surface area contributed by atoms with Gasteiger partial charge in [-0.3, -0.25) is 9.59 Å². The summed E-state index contributed by atoms with van der Waals surface area (Å²) in [6.07, 6.45) is 12.6. The highest BCUT2D eigenvalue weighted by Gasteiger charge is 2.20. The van der Waals surface area contributed by atoms with Crippen molar-refractivity contribution >= 4 is 31.5 Å². The molecule has 0 N–H and O–H groups in total. The molecule has 0 heterocycles. The average molecular weight is 417 g/mol. The third-order valence-electron chi connectivity index (χ3n) is 5.07. The van der Waals surface area contributed by atoms with Gasteiger partial charge in [-0.2, -0.15) is 0 Å². The van der Waals surface area contributed by atoms with E-state index in [-0.39, 0.29) is 23.8 Å². The van der Waals surface area contributed by atoms with Gasteiger partial charge in [-0.1, -0.05) is 79.1 Å². The number of rotatable bonds is 18. The van der Waals surface area contributed by atoms with Crippen LogP contribution in [0.1, 0.15) is 105 Å². The highest BCUT2D eigenvalue weighted by atomic mass is 28.3. The van der Waals surface area contributed by atoms with Crippen LogP contribution in [-0.2, 0) is 18.4 Å². The Kier molecular flexibility index (Phi) is 18.3. The molecule has 0 radical (unpaired) electrons. The third-order valence-corrected chi connectivity index (χ3v) is 8.36. The first-order valence-electron chi connectivity index (χ1n) is 11.4. The van der Waals surface area contributed by atoms with E-state index in [0.29, 0.717) is 0 Å². The quantitative estimate of drug-likeness (QED) is 0.242. The van der Waals surface area contributed by atoms with E-state index in [0.717, 1.165) is 82.7 Å². The minimum absolute atomic E-state index is 0.00709. The van der Waals surface area contributed by atoms with Crippen LogP contribution < -0.4 is 0 Å². The van der Waals surface area contributed by atoms with E-state index < -0.39 is 19.5 Å². The topological polar surface area (TPSA) is 52.6 Å². The Morgan fingerprint density at radius 2 is 0.926 bits per heavy atom. The smallest absolute Gasteiger partial charge is 0.295 e. The molecular weight excluding hydrogens is 372 g/mol. The van der Waals surface area contributed by atoms with Gasteiger partial charge in [0.25, 0.3) is 11.9 Å². The van der Waals surface area contributed by atoms with Crippen molar-refractivity contribution in [2.75, 3.05) is 0 Å². The molecule has 160 valence electrons. The molecule has 0 aliphatic heterocycles. The molecule has 0 aliphatic carbocycles. The van der Waals surface area contributed by atoms with Crippen molar-refractivity contribution in [3.05, 3.63) is 0 Å². The number of hydrogen-bond acceptors (Lipinski definition) is 4. The molecule has 0 bridgehead atoms. The summed E-state index contributed by atoms with van der Waals surface area (Å²) < 4.78 is 11.2. The summed E-state index contributed by atoms with van der Waals surface area (Å²) in [6, 6.07) is 0. The summed E-state index contributed by atoms with van der Waals surface area (Å²) in [5.74, 6) is 0.170. The van der Waals surface area contributed by atoms with Gasteiger partial charge in [-0.25, -0.2) is 0 Å². The van der Waals surface area contributed by atoms with Gasteiger partial charge in [0, 0.05) is 0 Å². The van der Waals surface area contributed by atoms with E-state index in [4.69, 9.17) is 8.85 Å². The maximum atomic E-state index is 12.3. The lowest BCUT2D eigenvalue weighted by molar-refractivity contribution is -0.140. The van der Waals surface area contributed by atoms with Crippen molar-refractivity contribution in [3.8, 4) is 0 Å². The summed E-state index contributed by atoms with van der Waals surface area (Å²) in [7, 11) is -1.78. The van der Waals surface area contributed by atoms with Crippen LogP contribution in [0.2, 0.25) is 5.67 Å². The van der Waals surface area contributed by atoms with Crippen molar-refractivity contribution in [1.82, 2.24) is 0 Å². The summed E-state index contributed by atoms with van der Waals surface area (Å²) in [4.78, 5) is 24.6. The molecule has 27 heavy (non-hydrogen) atoms. The van der Waals surface area contributed by atoms with Crippen LogP contribution >= 0.6 is 0 Å².